The van der Waals surface area contributed by atoms with Gasteiger partial charge in [-0.05, 0) is 38.0 Å². The second-order valence-electron chi connectivity index (χ2n) is 4.78. The van der Waals surface area contributed by atoms with Crippen molar-refractivity contribution in [3.8, 4) is 0 Å². The third kappa shape index (κ3) is 3.34. The molecule has 1 saturated carbocycles. The second kappa shape index (κ2) is 5.85. The Balaban J connectivity index is 1.73. The lowest BCUT2D eigenvalue weighted by atomic mass is 10.1. The van der Waals surface area contributed by atoms with E-state index in [0.29, 0.717) is 0 Å². The van der Waals surface area contributed by atoms with Crippen molar-refractivity contribution in [2.24, 2.45) is 5.92 Å². The van der Waals surface area contributed by atoms with Gasteiger partial charge in [0.15, 0.2) is 0 Å². The second-order valence-corrected chi connectivity index (χ2v) is 5.96. The molecule has 0 saturated heterocycles. The van der Waals surface area contributed by atoms with Crippen LogP contribution in [0.15, 0.2) is 12.4 Å². The van der Waals surface area contributed by atoms with Crippen LogP contribution in [0.4, 0.5) is 0 Å². The molecule has 0 aliphatic heterocycles. The van der Waals surface area contributed by atoms with E-state index in [9.17, 15) is 0 Å². The van der Waals surface area contributed by atoms with Gasteiger partial charge in [0.25, 0.3) is 0 Å². The summed E-state index contributed by atoms with van der Waals surface area (Å²) in [5, 5.41) is 0. The molecule has 16 heavy (non-hydrogen) atoms. The van der Waals surface area contributed by atoms with Gasteiger partial charge in [-0.1, -0.05) is 22.9 Å². The number of hydrogen-bond donors (Lipinski definition) is 0. The summed E-state index contributed by atoms with van der Waals surface area (Å²) in [6, 6.07) is 0. The van der Waals surface area contributed by atoms with E-state index in [-0.39, 0.29) is 0 Å². The first-order chi connectivity index (χ1) is 7.81. The van der Waals surface area contributed by atoms with E-state index in [1.54, 1.807) is 0 Å². The first-order valence-electron chi connectivity index (χ1n) is 6.45. The molecule has 0 N–H and O–H groups in total. The molecule has 0 aromatic carbocycles. The van der Waals surface area contributed by atoms with Crippen LogP contribution in [0.25, 0.3) is 0 Å². The van der Waals surface area contributed by atoms with Gasteiger partial charge in [-0.2, -0.15) is 0 Å². The molecule has 90 valence electrons. The molecule has 1 aromatic rings. The van der Waals surface area contributed by atoms with Crippen molar-refractivity contribution in [1.82, 2.24) is 9.55 Å². The fourth-order valence-electron chi connectivity index (χ4n) is 2.16. The molecule has 0 bridgehead atoms. The average molecular weight is 285 g/mol. The smallest absolute Gasteiger partial charge is 0.108 e. The molecule has 1 atom stereocenters. The van der Waals surface area contributed by atoms with Crippen molar-refractivity contribution in [2.45, 2.75) is 56.8 Å². The fraction of sp³-hybridized carbons (Fsp3) is 0.769. The summed E-state index contributed by atoms with van der Waals surface area (Å²) in [5.74, 6) is 2.23. The van der Waals surface area contributed by atoms with E-state index in [1.165, 1.54) is 37.9 Å². The zero-order valence-electron chi connectivity index (χ0n) is 10.0. The maximum atomic E-state index is 4.44. The Morgan fingerprint density at radius 3 is 3.06 bits per heavy atom. The monoisotopic (exact) mass is 284 g/mol. The van der Waals surface area contributed by atoms with E-state index in [4.69, 9.17) is 0 Å². The Hall–Kier alpha value is -0.310. The summed E-state index contributed by atoms with van der Waals surface area (Å²) in [6.07, 6.45) is 11.8. The van der Waals surface area contributed by atoms with Crippen LogP contribution in [0, 0.1) is 5.92 Å². The van der Waals surface area contributed by atoms with Gasteiger partial charge in [-0.25, -0.2) is 4.98 Å². The quantitative estimate of drug-likeness (QED) is 0.697. The fourth-order valence-corrected chi connectivity index (χ4v) is 3.01. The lowest BCUT2D eigenvalue weighted by Crippen LogP contribution is -2.05. The zero-order chi connectivity index (χ0) is 11.4. The van der Waals surface area contributed by atoms with Crippen molar-refractivity contribution in [1.29, 1.82) is 0 Å². The minimum Gasteiger partial charge on any atom is -0.335 e. The van der Waals surface area contributed by atoms with E-state index >= 15 is 0 Å². The Morgan fingerprint density at radius 2 is 2.38 bits per heavy atom. The molecular formula is C13H21BrN2. The van der Waals surface area contributed by atoms with Gasteiger partial charge < -0.3 is 4.57 Å². The molecule has 0 radical (unpaired) electrons. The Labute approximate surface area is 107 Å². The third-order valence-electron chi connectivity index (χ3n) is 3.28. The van der Waals surface area contributed by atoms with Crippen LogP contribution in [0.1, 0.15) is 44.9 Å². The summed E-state index contributed by atoms with van der Waals surface area (Å²) in [4.78, 5) is 5.19. The molecule has 1 aliphatic rings. The van der Waals surface area contributed by atoms with Gasteiger partial charge in [0.2, 0.25) is 0 Å². The number of alkyl halides is 1. The van der Waals surface area contributed by atoms with Crippen LogP contribution in [-0.4, -0.2) is 14.4 Å². The van der Waals surface area contributed by atoms with E-state index < -0.39 is 0 Å². The summed E-state index contributed by atoms with van der Waals surface area (Å²) in [6.45, 7) is 3.32. The van der Waals surface area contributed by atoms with Gasteiger partial charge in [0, 0.05) is 30.2 Å². The van der Waals surface area contributed by atoms with Gasteiger partial charge in [0.05, 0.1) is 0 Å². The molecule has 2 nitrogen and oxygen atoms in total. The molecule has 0 spiro atoms. The van der Waals surface area contributed by atoms with Crippen LogP contribution in [-0.2, 0) is 13.0 Å². The van der Waals surface area contributed by atoms with Crippen molar-refractivity contribution in [3.05, 3.63) is 18.2 Å². The Bertz CT molecular complexity index is 317. The number of imidazole rings is 1. The highest BCUT2D eigenvalue weighted by Crippen LogP contribution is 2.38. The summed E-state index contributed by atoms with van der Waals surface area (Å²) in [7, 11) is 0. The molecule has 3 heteroatoms. The van der Waals surface area contributed by atoms with Crippen LogP contribution in [0.5, 0.6) is 0 Å². The lowest BCUT2D eigenvalue weighted by molar-refractivity contribution is 0.595. The van der Waals surface area contributed by atoms with E-state index in [1.807, 2.05) is 6.20 Å². The Kier molecular flexibility index (Phi) is 4.45. The highest BCUT2D eigenvalue weighted by atomic mass is 79.9. The first kappa shape index (κ1) is 12.2. The zero-order valence-corrected chi connectivity index (χ0v) is 11.6. The summed E-state index contributed by atoms with van der Waals surface area (Å²) >= 11 is 3.79. The molecule has 1 unspecified atom stereocenters. The topological polar surface area (TPSA) is 17.8 Å². The predicted molar refractivity (Wildman–Crippen MR) is 70.9 cm³/mol. The average Bonchev–Trinajstić information content (AvgIpc) is 3.03. The first-order valence-corrected chi connectivity index (χ1v) is 7.37. The van der Waals surface area contributed by atoms with Gasteiger partial charge in [-0.15, -0.1) is 0 Å². The van der Waals surface area contributed by atoms with Gasteiger partial charge >= 0.3 is 0 Å². The molecule has 1 aromatic heterocycles. The van der Waals surface area contributed by atoms with Crippen molar-refractivity contribution < 1.29 is 0 Å². The Morgan fingerprint density at radius 1 is 1.56 bits per heavy atom. The van der Waals surface area contributed by atoms with Crippen LogP contribution < -0.4 is 0 Å². The molecule has 1 aliphatic carbocycles. The normalized spacial score (nSPS) is 17.6. The molecule has 0 amide bonds. The van der Waals surface area contributed by atoms with Crippen LogP contribution >= 0.6 is 15.9 Å². The molecule has 1 fully saturated rings. The van der Waals surface area contributed by atoms with Crippen molar-refractivity contribution in [2.75, 3.05) is 0 Å². The van der Waals surface area contributed by atoms with E-state index in [0.717, 1.165) is 23.7 Å². The number of aryl methyl sites for hydroxylation is 2. The highest BCUT2D eigenvalue weighted by molar-refractivity contribution is 9.09. The summed E-state index contributed by atoms with van der Waals surface area (Å²) < 4.78 is 2.29. The molecule has 2 rings (SSSR count). The summed E-state index contributed by atoms with van der Waals surface area (Å²) in [5.41, 5.74) is 0. The van der Waals surface area contributed by atoms with Gasteiger partial charge in [-0.3, -0.25) is 0 Å². The highest BCUT2D eigenvalue weighted by Gasteiger charge is 2.28. The minimum atomic E-state index is 0.752. The minimum absolute atomic E-state index is 0.752. The van der Waals surface area contributed by atoms with Crippen molar-refractivity contribution in [3.63, 3.8) is 0 Å². The number of nitrogens with zero attached hydrogens (tertiary/aromatic N) is 2. The van der Waals surface area contributed by atoms with Crippen molar-refractivity contribution >= 4 is 15.9 Å². The van der Waals surface area contributed by atoms with Crippen LogP contribution in [0.3, 0.4) is 0 Å². The predicted octanol–water partition coefficient (Wildman–Crippen LogP) is 3.79. The number of halogens is 1. The maximum absolute atomic E-state index is 4.44. The molecule has 1 heterocycles. The van der Waals surface area contributed by atoms with Gasteiger partial charge in [0.1, 0.15) is 5.82 Å². The maximum Gasteiger partial charge on any atom is 0.108 e. The van der Waals surface area contributed by atoms with E-state index in [2.05, 4.69) is 38.6 Å². The molecular weight excluding hydrogens is 264 g/mol. The number of rotatable bonds is 7. The van der Waals surface area contributed by atoms with Crippen LogP contribution in [0.2, 0.25) is 0 Å². The standard InChI is InChI=1S/C13H21BrN2/c1-2-9-16-10-8-15-13(16)5-3-4-12(14)11-6-7-11/h8,10-12H,2-7,9H2,1H3. The number of aromatic nitrogens is 2. The largest absolute Gasteiger partial charge is 0.335 e. The SMILES string of the molecule is CCCn1ccnc1CCCC(Br)C1CC1. The lowest BCUT2D eigenvalue weighted by Gasteiger charge is -2.09. The third-order valence-corrected chi connectivity index (χ3v) is 4.49. The number of hydrogen-bond acceptors (Lipinski definition) is 1.